The number of aryl methyl sites for hydroxylation is 1. The maximum Gasteiger partial charge on any atom is 0.332 e. The molecule has 1 N–H and O–H groups in total. The van der Waals surface area contributed by atoms with Gasteiger partial charge in [-0.15, -0.1) is 0 Å². The number of ether oxygens (including phenoxy) is 1. The molecule has 1 atom stereocenters. The van der Waals surface area contributed by atoms with Crippen LogP contribution in [-0.2, 0) is 9.59 Å². The number of hydrogen-bond donors (Lipinski definition) is 1. The summed E-state index contributed by atoms with van der Waals surface area (Å²) in [7, 11) is 1.49. The van der Waals surface area contributed by atoms with E-state index in [1.54, 1.807) is 31.2 Å². The predicted octanol–water partition coefficient (Wildman–Crippen LogP) is 3.45. The second-order valence-electron chi connectivity index (χ2n) is 6.49. The molecule has 0 aromatic heterocycles. The Labute approximate surface area is 167 Å². The lowest BCUT2D eigenvalue weighted by Gasteiger charge is -2.19. The fourth-order valence-electron chi connectivity index (χ4n) is 3.00. The largest absolute Gasteiger partial charge is 0.495 e. The number of nitrogens with one attached hydrogen (secondary N) is 1. The molecule has 146 valence electrons. The molecule has 0 saturated carbocycles. The number of benzene rings is 2. The van der Waals surface area contributed by atoms with Crippen molar-refractivity contribution in [2.45, 2.75) is 19.9 Å². The molecule has 1 saturated heterocycles. The van der Waals surface area contributed by atoms with E-state index in [4.69, 9.17) is 16.3 Å². The summed E-state index contributed by atoms with van der Waals surface area (Å²) in [4.78, 5) is 40.0. The summed E-state index contributed by atoms with van der Waals surface area (Å²) in [6, 6.07) is 10.9. The molecule has 0 spiro atoms. The van der Waals surface area contributed by atoms with Gasteiger partial charge in [-0.3, -0.25) is 19.4 Å². The van der Waals surface area contributed by atoms with Gasteiger partial charge in [-0.2, -0.15) is 0 Å². The van der Waals surface area contributed by atoms with Gasteiger partial charge in [0, 0.05) is 11.4 Å². The van der Waals surface area contributed by atoms with Crippen LogP contribution in [0.1, 0.15) is 12.5 Å². The quantitative estimate of drug-likeness (QED) is 0.778. The van der Waals surface area contributed by atoms with Crippen LogP contribution < -0.4 is 15.0 Å². The molecular weight excluding hydrogens is 382 g/mol. The molecule has 1 aliphatic heterocycles. The number of rotatable bonds is 5. The van der Waals surface area contributed by atoms with Gasteiger partial charge in [0.1, 0.15) is 18.3 Å². The van der Waals surface area contributed by atoms with E-state index >= 15 is 0 Å². The minimum atomic E-state index is -0.682. The second-order valence-corrected chi connectivity index (χ2v) is 6.89. The Balaban J connectivity index is 1.72. The van der Waals surface area contributed by atoms with Crippen molar-refractivity contribution in [3.05, 3.63) is 53.1 Å². The van der Waals surface area contributed by atoms with Crippen molar-refractivity contribution in [2.75, 3.05) is 23.9 Å². The van der Waals surface area contributed by atoms with Crippen molar-refractivity contribution in [3.8, 4) is 5.75 Å². The molecule has 2 aromatic carbocycles. The second kappa shape index (κ2) is 7.90. The Bertz CT molecular complexity index is 930. The Hall–Kier alpha value is -3.06. The van der Waals surface area contributed by atoms with Crippen LogP contribution in [0.15, 0.2) is 42.5 Å². The zero-order chi connectivity index (χ0) is 20.4. The van der Waals surface area contributed by atoms with Crippen LogP contribution in [0, 0.1) is 6.92 Å². The molecular formula is C20H20ClN3O4. The lowest BCUT2D eigenvalue weighted by atomic mass is 10.2. The summed E-state index contributed by atoms with van der Waals surface area (Å²) in [5.74, 6) is -0.443. The molecule has 1 fully saturated rings. The minimum absolute atomic E-state index is 0.341. The molecule has 2 aromatic rings. The number of imide groups is 1. The molecule has 7 nitrogen and oxygen atoms in total. The standard InChI is InChI=1S/C20H20ClN3O4/c1-12-4-7-15(8-5-12)24-13(2)19(26)23(20(24)27)11-18(25)22-14-6-9-17(28-3)16(21)10-14/h4-10,13H,11H2,1-3H3,(H,22,25). The minimum Gasteiger partial charge on any atom is -0.495 e. The van der Waals surface area contributed by atoms with E-state index in [-0.39, 0.29) is 6.54 Å². The normalized spacial score (nSPS) is 16.5. The van der Waals surface area contributed by atoms with Crippen LogP contribution in [0.4, 0.5) is 16.2 Å². The number of carbonyl (C=O) groups is 3. The Morgan fingerprint density at radius 3 is 2.46 bits per heavy atom. The molecule has 4 amide bonds. The first-order valence-electron chi connectivity index (χ1n) is 8.66. The van der Waals surface area contributed by atoms with Crippen molar-refractivity contribution in [3.63, 3.8) is 0 Å². The van der Waals surface area contributed by atoms with Crippen LogP contribution >= 0.6 is 11.6 Å². The van der Waals surface area contributed by atoms with Gasteiger partial charge in [-0.25, -0.2) is 4.79 Å². The molecule has 1 unspecified atom stereocenters. The summed E-state index contributed by atoms with van der Waals surface area (Å²) >= 11 is 6.05. The van der Waals surface area contributed by atoms with Crippen molar-refractivity contribution in [1.82, 2.24) is 4.90 Å². The monoisotopic (exact) mass is 401 g/mol. The fourth-order valence-corrected chi connectivity index (χ4v) is 3.26. The third-order valence-electron chi connectivity index (χ3n) is 4.50. The number of anilines is 2. The first kappa shape index (κ1) is 19.7. The van der Waals surface area contributed by atoms with Gasteiger partial charge in [-0.05, 0) is 44.2 Å². The SMILES string of the molecule is COc1ccc(NC(=O)CN2C(=O)C(C)N(c3ccc(C)cc3)C2=O)cc1Cl. The molecule has 3 rings (SSSR count). The fraction of sp³-hybridized carbons (Fsp3) is 0.250. The molecule has 1 heterocycles. The number of halogens is 1. The average molecular weight is 402 g/mol. The summed E-state index contributed by atoms with van der Waals surface area (Å²) in [5, 5.41) is 2.98. The number of methoxy groups -OCH3 is 1. The maximum atomic E-state index is 12.8. The number of urea groups is 1. The number of carbonyl (C=O) groups excluding carboxylic acids is 3. The molecule has 8 heteroatoms. The maximum absolute atomic E-state index is 12.8. The predicted molar refractivity (Wildman–Crippen MR) is 107 cm³/mol. The van der Waals surface area contributed by atoms with Crippen LogP contribution in [0.2, 0.25) is 5.02 Å². The van der Waals surface area contributed by atoms with Gasteiger partial charge >= 0.3 is 6.03 Å². The molecule has 0 aliphatic carbocycles. The Morgan fingerprint density at radius 2 is 1.86 bits per heavy atom. The van der Waals surface area contributed by atoms with Gasteiger partial charge < -0.3 is 10.1 Å². The smallest absolute Gasteiger partial charge is 0.332 e. The molecule has 0 radical (unpaired) electrons. The highest BCUT2D eigenvalue weighted by molar-refractivity contribution is 6.32. The summed E-state index contributed by atoms with van der Waals surface area (Å²) in [5.41, 5.74) is 2.10. The lowest BCUT2D eigenvalue weighted by Crippen LogP contribution is -2.39. The van der Waals surface area contributed by atoms with Crippen molar-refractivity contribution in [1.29, 1.82) is 0 Å². The van der Waals surface area contributed by atoms with Crippen molar-refractivity contribution >= 4 is 40.8 Å². The average Bonchev–Trinajstić information content (AvgIpc) is 2.86. The van der Waals surface area contributed by atoms with Gasteiger partial charge in [0.05, 0.1) is 12.1 Å². The van der Waals surface area contributed by atoms with Gasteiger partial charge in [0.15, 0.2) is 0 Å². The van der Waals surface area contributed by atoms with Crippen molar-refractivity contribution < 1.29 is 19.1 Å². The number of nitrogens with zero attached hydrogens (tertiary/aromatic N) is 2. The van der Waals surface area contributed by atoms with E-state index in [1.807, 2.05) is 19.1 Å². The highest BCUT2D eigenvalue weighted by Gasteiger charge is 2.44. The van der Waals surface area contributed by atoms with Crippen molar-refractivity contribution in [2.24, 2.45) is 0 Å². The van der Waals surface area contributed by atoms with Gasteiger partial charge in [0.2, 0.25) is 5.91 Å². The van der Waals surface area contributed by atoms with Gasteiger partial charge in [-0.1, -0.05) is 29.3 Å². The Kier molecular flexibility index (Phi) is 5.56. The first-order chi connectivity index (χ1) is 13.3. The van der Waals surface area contributed by atoms with E-state index < -0.39 is 23.9 Å². The van der Waals surface area contributed by atoms with Crippen LogP contribution in [0.3, 0.4) is 0 Å². The highest BCUT2D eigenvalue weighted by Crippen LogP contribution is 2.28. The van der Waals surface area contributed by atoms with E-state index in [1.165, 1.54) is 18.1 Å². The molecule has 0 bridgehead atoms. The number of amides is 4. The van der Waals surface area contributed by atoms with E-state index in [2.05, 4.69) is 5.32 Å². The molecule has 28 heavy (non-hydrogen) atoms. The molecule has 1 aliphatic rings. The Morgan fingerprint density at radius 1 is 1.18 bits per heavy atom. The summed E-state index contributed by atoms with van der Waals surface area (Å²) in [6.07, 6.45) is 0. The topological polar surface area (TPSA) is 79.0 Å². The number of hydrogen-bond acceptors (Lipinski definition) is 4. The zero-order valence-corrected chi connectivity index (χ0v) is 16.5. The van der Waals surface area contributed by atoms with Crippen LogP contribution in [0.5, 0.6) is 5.75 Å². The van der Waals surface area contributed by atoms with E-state index in [0.29, 0.717) is 22.1 Å². The highest BCUT2D eigenvalue weighted by atomic mass is 35.5. The summed E-state index contributed by atoms with van der Waals surface area (Å²) < 4.78 is 5.07. The van der Waals surface area contributed by atoms with Crippen LogP contribution in [0.25, 0.3) is 0 Å². The van der Waals surface area contributed by atoms with Crippen LogP contribution in [-0.4, -0.2) is 42.4 Å². The zero-order valence-electron chi connectivity index (χ0n) is 15.7. The third-order valence-corrected chi connectivity index (χ3v) is 4.79. The van der Waals surface area contributed by atoms with Gasteiger partial charge in [0.25, 0.3) is 5.91 Å². The summed E-state index contributed by atoms with van der Waals surface area (Å²) in [6.45, 7) is 3.20. The lowest BCUT2D eigenvalue weighted by molar-refractivity contribution is -0.130. The first-order valence-corrected chi connectivity index (χ1v) is 9.04. The van der Waals surface area contributed by atoms with E-state index in [9.17, 15) is 14.4 Å². The third kappa shape index (κ3) is 3.80. The van der Waals surface area contributed by atoms with E-state index in [0.717, 1.165) is 10.5 Å².